The second kappa shape index (κ2) is 6.95. The molecule has 3 aromatic rings. The van der Waals surface area contributed by atoms with Crippen LogP contribution in [0, 0.1) is 5.82 Å². The lowest BCUT2D eigenvalue weighted by Crippen LogP contribution is -2.31. The third kappa shape index (κ3) is 3.60. The zero-order valence-corrected chi connectivity index (χ0v) is 13.2. The number of carbonyl (C=O) groups is 1. The number of nitrogens with one attached hydrogen (secondary N) is 1. The molecule has 24 heavy (non-hydrogen) atoms. The van der Waals surface area contributed by atoms with Gasteiger partial charge in [-0.2, -0.15) is 5.10 Å². The lowest BCUT2D eigenvalue weighted by Gasteiger charge is -2.17. The van der Waals surface area contributed by atoms with Crippen LogP contribution in [0.25, 0.3) is 5.69 Å². The van der Waals surface area contributed by atoms with Crippen molar-refractivity contribution in [2.45, 2.75) is 6.54 Å². The van der Waals surface area contributed by atoms with Crippen LogP contribution in [0.3, 0.4) is 0 Å². The molecular weight excluding hydrogens is 307 g/mol. The Morgan fingerprint density at radius 2 is 1.88 bits per heavy atom. The molecule has 0 aliphatic heterocycles. The summed E-state index contributed by atoms with van der Waals surface area (Å²) in [6.45, 7) is 0.368. The third-order valence-electron chi connectivity index (χ3n) is 3.54. The Hall–Kier alpha value is -3.15. The quantitative estimate of drug-likeness (QED) is 0.796. The summed E-state index contributed by atoms with van der Waals surface area (Å²) in [5.74, 6) is -0.462. The number of hydrogen-bond acceptors (Lipinski definition) is 2. The number of nitrogens with zero attached hydrogens (tertiary/aromatic N) is 3. The normalized spacial score (nSPS) is 10.4. The van der Waals surface area contributed by atoms with Gasteiger partial charge in [-0.1, -0.05) is 30.3 Å². The summed E-state index contributed by atoms with van der Waals surface area (Å²) in [4.78, 5) is 13.6. The van der Waals surface area contributed by atoms with Gasteiger partial charge in [0.2, 0.25) is 0 Å². The molecule has 6 heteroatoms. The molecule has 2 aromatic carbocycles. The fourth-order valence-corrected chi connectivity index (χ4v) is 2.28. The van der Waals surface area contributed by atoms with Crippen LogP contribution in [0.15, 0.2) is 67.0 Å². The van der Waals surface area contributed by atoms with Crippen molar-refractivity contribution in [2.75, 3.05) is 12.4 Å². The Morgan fingerprint density at radius 3 is 2.62 bits per heavy atom. The maximum atomic E-state index is 13.6. The molecule has 0 atom stereocenters. The van der Waals surface area contributed by atoms with Gasteiger partial charge in [-0.25, -0.2) is 13.9 Å². The predicted octanol–water partition coefficient (Wildman–Crippen LogP) is 3.68. The molecule has 3 rings (SSSR count). The molecule has 122 valence electrons. The highest BCUT2D eigenvalue weighted by atomic mass is 19.1. The summed E-state index contributed by atoms with van der Waals surface area (Å²) in [6, 6.07) is 15.4. The van der Waals surface area contributed by atoms with Crippen LogP contribution in [0.5, 0.6) is 0 Å². The molecule has 0 saturated carbocycles. The van der Waals surface area contributed by atoms with Crippen molar-refractivity contribution in [3.05, 3.63) is 78.4 Å². The van der Waals surface area contributed by atoms with Crippen molar-refractivity contribution >= 4 is 11.7 Å². The molecule has 0 fully saturated rings. The van der Waals surface area contributed by atoms with Crippen LogP contribution in [0.4, 0.5) is 14.9 Å². The van der Waals surface area contributed by atoms with Gasteiger partial charge in [-0.05, 0) is 24.3 Å². The molecular formula is C18H17FN4O. The molecule has 0 aliphatic rings. The fraction of sp³-hybridized carbons (Fsp3) is 0.111. The van der Waals surface area contributed by atoms with Crippen LogP contribution in [0.1, 0.15) is 5.56 Å². The van der Waals surface area contributed by atoms with Crippen LogP contribution in [-0.4, -0.2) is 27.8 Å². The number of amides is 2. The highest BCUT2D eigenvalue weighted by Crippen LogP contribution is 2.14. The maximum Gasteiger partial charge on any atom is 0.321 e. The van der Waals surface area contributed by atoms with Gasteiger partial charge in [0.05, 0.1) is 24.1 Å². The Labute approximate surface area is 139 Å². The number of benzene rings is 2. The number of para-hydroxylation sites is 2. The van der Waals surface area contributed by atoms with E-state index >= 15 is 0 Å². The van der Waals surface area contributed by atoms with E-state index in [1.165, 1.54) is 17.0 Å². The first-order chi connectivity index (χ1) is 11.6. The summed E-state index contributed by atoms with van der Waals surface area (Å²) in [5.41, 5.74) is 1.99. The lowest BCUT2D eigenvalue weighted by molar-refractivity contribution is 0.220. The summed E-state index contributed by atoms with van der Waals surface area (Å²) in [5, 5.41) is 6.85. The molecule has 5 nitrogen and oxygen atoms in total. The van der Waals surface area contributed by atoms with Crippen LogP contribution >= 0.6 is 0 Å². The highest BCUT2D eigenvalue weighted by Gasteiger charge is 2.12. The first-order valence-electron chi connectivity index (χ1n) is 7.49. The molecule has 0 saturated heterocycles. The van der Waals surface area contributed by atoms with Gasteiger partial charge in [-0.3, -0.25) is 0 Å². The van der Waals surface area contributed by atoms with Gasteiger partial charge in [0.25, 0.3) is 0 Å². The van der Waals surface area contributed by atoms with Crippen molar-refractivity contribution in [2.24, 2.45) is 0 Å². The Bertz CT molecular complexity index is 832. The van der Waals surface area contributed by atoms with Crippen molar-refractivity contribution in [3.8, 4) is 5.69 Å². The SMILES string of the molecule is CN(Cc1cnn(-c2ccccc2)c1)C(=O)Nc1ccccc1F. The number of hydrogen-bond donors (Lipinski definition) is 1. The summed E-state index contributed by atoms with van der Waals surface area (Å²) in [6.07, 6.45) is 3.57. The molecule has 0 unspecified atom stereocenters. The van der Waals surface area contributed by atoms with Crippen LogP contribution < -0.4 is 5.32 Å². The van der Waals surface area contributed by atoms with Crippen LogP contribution in [0.2, 0.25) is 0 Å². The van der Waals surface area contributed by atoms with Gasteiger partial charge >= 0.3 is 6.03 Å². The number of rotatable bonds is 4. The average molecular weight is 324 g/mol. The number of anilines is 1. The molecule has 0 aliphatic carbocycles. The monoisotopic (exact) mass is 324 g/mol. The Kier molecular flexibility index (Phi) is 4.56. The summed E-state index contributed by atoms with van der Waals surface area (Å²) in [7, 11) is 1.65. The Morgan fingerprint density at radius 1 is 1.17 bits per heavy atom. The second-order valence-corrected chi connectivity index (χ2v) is 5.39. The molecule has 1 N–H and O–H groups in total. The third-order valence-corrected chi connectivity index (χ3v) is 3.54. The van der Waals surface area contributed by atoms with E-state index in [4.69, 9.17) is 0 Å². The van der Waals surface area contributed by atoms with E-state index in [1.807, 2.05) is 36.5 Å². The minimum atomic E-state index is -0.462. The maximum absolute atomic E-state index is 13.6. The fourth-order valence-electron chi connectivity index (χ4n) is 2.28. The van der Waals surface area contributed by atoms with E-state index < -0.39 is 5.82 Å². The summed E-state index contributed by atoms with van der Waals surface area (Å²) >= 11 is 0. The first kappa shape index (κ1) is 15.7. The predicted molar refractivity (Wildman–Crippen MR) is 90.4 cm³/mol. The number of aromatic nitrogens is 2. The van der Waals surface area contributed by atoms with Crippen molar-refractivity contribution in [1.82, 2.24) is 14.7 Å². The van der Waals surface area contributed by atoms with Gasteiger partial charge in [0.15, 0.2) is 0 Å². The standard InChI is InChI=1S/C18H17FN4O/c1-22(18(24)21-17-10-6-5-9-16(17)19)12-14-11-20-23(13-14)15-7-3-2-4-8-15/h2-11,13H,12H2,1H3,(H,21,24). The van der Waals surface area contributed by atoms with Gasteiger partial charge in [-0.15, -0.1) is 0 Å². The number of carbonyl (C=O) groups excluding carboxylic acids is 1. The smallest absolute Gasteiger partial charge is 0.321 e. The van der Waals surface area contributed by atoms with E-state index in [0.29, 0.717) is 6.54 Å². The zero-order valence-electron chi connectivity index (χ0n) is 13.2. The second-order valence-electron chi connectivity index (χ2n) is 5.39. The molecule has 0 bridgehead atoms. The van der Waals surface area contributed by atoms with E-state index in [9.17, 15) is 9.18 Å². The van der Waals surface area contributed by atoms with Gasteiger partial charge < -0.3 is 10.2 Å². The van der Waals surface area contributed by atoms with Crippen molar-refractivity contribution in [1.29, 1.82) is 0 Å². The van der Waals surface area contributed by atoms with Crippen molar-refractivity contribution < 1.29 is 9.18 Å². The molecule has 0 spiro atoms. The van der Waals surface area contributed by atoms with Gasteiger partial charge in [0.1, 0.15) is 5.82 Å². The number of halogens is 1. The first-order valence-corrected chi connectivity index (χ1v) is 7.49. The topological polar surface area (TPSA) is 50.2 Å². The van der Waals surface area contributed by atoms with E-state index in [-0.39, 0.29) is 11.7 Å². The molecule has 2 amide bonds. The average Bonchev–Trinajstić information content (AvgIpc) is 3.06. The number of urea groups is 1. The van der Waals surface area contributed by atoms with E-state index in [1.54, 1.807) is 30.1 Å². The molecule has 1 aromatic heterocycles. The molecule has 0 radical (unpaired) electrons. The van der Waals surface area contributed by atoms with E-state index in [0.717, 1.165) is 11.3 Å². The Balaban J connectivity index is 1.65. The largest absolute Gasteiger partial charge is 0.323 e. The zero-order chi connectivity index (χ0) is 16.9. The molecule has 1 heterocycles. The lowest BCUT2D eigenvalue weighted by atomic mass is 10.3. The minimum absolute atomic E-state index is 0.161. The van der Waals surface area contributed by atoms with E-state index in [2.05, 4.69) is 10.4 Å². The van der Waals surface area contributed by atoms with Crippen molar-refractivity contribution in [3.63, 3.8) is 0 Å². The minimum Gasteiger partial charge on any atom is -0.323 e. The highest BCUT2D eigenvalue weighted by molar-refractivity contribution is 5.89. The van der Waals surface area contributed by atoms with Crippen LogP contribution in [-0.2, 0) is 6.54 Å². The van der Waals surface area contributed by atoms with Gasteiger partial charge in [0, 0.05) is 18.8 Å². The summed E-state index contributed by atoms with van der Waals surface area (Å²) < 4.78 is 15.3.